The summed E-state index contributed by atoms with van der Waals surface area (Å²) in [6.45, 7) is 18.0. The van der Waals surface area contributed by atoms with Crippen molar-refractivity contribution in [2.75, 3.05) is 88.5 Å². The third-order valence-electron chi connectivity index (χ3n) is 27.2. The average molecular weight is 1820 g/mol. The van der Waals surface area contributed by atoms with Gasteiger partial charge >= 0.3 is 0 Å². The van der Waals surface area contributed by atoms with Crippen LogP contribution in [0.15, 0.2) is 179 Å². The van der Waals surface area contributed by atoms with Gasteiger partial charge in [-0.3, -0.25) is 39.6 Å². The van der Waals surface area contributed by atoms with E-state index in [1.54, 1.807) is 60.9 Å². The summed E-state index contributed by atoms with van der Waals surface area (Å²) in [7, 11) is -9.21. The van der Waals surface area contributed by atoms with E-state index in [1.165, 1.54) is 96.5 Å². The number of allylic oxidation sites excluding steroid dienone is 2. The number of carbonyl (C=O) groups is 2. The highest BCUT2D eigenvalue weighted by Crippen LogP contribution is 2.48. The fraction of sp³-hybridized carbons (Fsp3) is 0.429. The fourth-order valence-corrected chi connectivity index (χ4v) is 22.4. The molecule has 4 aliphatic carbocycles. The lowest BCUT2D eigenvalue weighted by Crippen LogP contribution is -2.47. The van der Waals surface area contributed by atoms with Crippen molar-refractivity contribution in [3.05, 3.63) is 233 Å². The lowest BCUT2D eigenvalue weighted by Gasteiger charge is -2.39. The standard InChI is InChI=1S/2C49H55ClN6O7S/c2*1-49(2)16-14-36(43(28-49)34-8-10-37(50)11-9-34)30-54-18-20-55(21-19-54)38-12-13-41(46(25-38)63-39-24-35-15-17-51-47(35)52-29-39)48(57)53-64(60,61)40-26-44(56(58)59)42-23-33(31-62-45(42)27-40)22-32-6-4-3-5-7-32/h2*8-13,15,17,24-27,29,32-33H,3-7,14,16,18-23,28,30-31H2,1-2H3,(H,51,52)(H,53,57)/t2*33-/m10/s1. The molecule has 672 valence electrons. The number of nitro groups is 2. The molecule has 0 radical (unpaired) electrons. The molecular weight excluding hydrogens is 1700 g/mol. The van der Waals surface area contributed by atoms with E-state index in [1.807, 2.05) is 36.4 Å². The minimum absolute atomic E-state index is 0.0312. The average Bonchev–Trinajstić information content (AvgIpc) is 0.844. The van der Waals surface area contributed by atoms with Crippen LogP contribution < -0.4 is 38.2 Å². The number of rotatable bonds is 24. The first-order valence-electron chi connectivity index (χ1n) is 44.9. The zero-order chi connectivity index (χ0) is 89.2. The van der Waals surface area contributed by atoms with Gasteiger partial charge in [-0.1, -0.05) is 151 Å². The largest absolute Gasteiger partial charge is 0.493 e. The monoisotopic (exact) mass is 1810 g/mol. The fourth-order valence-electron chi connectivity index (χ4n) is 20.1. The van der Waals surface area contributed by atoms with Crippen LogP contribution in [0.1, 0.15) is 186 Å². The second kappa shape index (κ2) is 38.0. The number of anilines is 2. The van der Waals surface area contributed by atoms with Gasteiger partial charge in [0.05, 0.1) is 67.5 Å². The predicted octanol–water partition coefficient (Wildman–Crippen LogP) is 20.7. The number of halogens is 2. The number of hydrogen-bond donors (Lipinski definition) is 4. The van der Waals surface area contributed by atoms with Crippen LogP contribution in [0.4, 0.5) is 22.7 Å². The third-order valence-corrected chi connectivity index (χ3v) is 30.3. The van der Waals surface area contributed by atoms with Crippen molar-refractivity contribution in [2.24, 2.45) is 34.5 Å². The van der Waals surface area contributed by atoms with Crippen LogP contribution in [0.3, 0.4) is 0 Å². The van der Waals surface area contributed by atoms with E-state index in [4.69, 9.17) is 42.1 Å². The van der Waals surface area contributed by atoms with Crippen molar-refractivity contribution in [3.8, 4) is 34.5 Å². The van der Waals surface area contributed by atoms with Crippen molar-refractivity contribution in [1.29, 1.82) is 0 Å². The smallest absolute Gasteiger partial charge is 0.277 e. The van der Waals surface area contributed by atoms with Gasteiger partial charge in [-0.05, 0) is 194 Å². The number of carbonyl (C=O) groups excluding carboxylic acids is 2. The summed E-state index contributed by atoms with van der Waals surface area (Å²) in [5, 5.41) is 27.8. The SMILES string of the molecule is CC1(C)CCC(CN2CCN(c3ccc(C(=O)NS(=O)(=O)c4cc5c(c([N+](=O)[O-])c4)C[C@@H](CC4CCCCC4)CO5)c(Oc4cnc5[nH]ccc5c4)c3)CC2)=C(c2ccc(Cl)cc2)C1.CC1(C)CCC(CN2CCN(c3ccc(C(=O)NS(=O)(=O)c4cc5c(c([N+](=O)[O-])c4)C[C@H](CC4CCCCC4)CO5)c(Oc4cnc5[nH]ccc5c4)c3)CC2)=C(c2ccc(Cl)cc2)C1. The number of aromatic nitrogens is 4. The molecule has 4 fully saturated rings. The van der Waals surface area contributed by atoms with Gasteiger partial charge in [0, 0.05) is 146 Å². The van der Waals surface area contributed by atoms with E-state index in [0.29, 0.717) is 71.8 Å². The van der Waals surface area contributed by atoms with Crippen molar-refractivity contribution >= 4 is 111 Å². The van der Waals surface area contributed by atoms with Gasteiger partial charge in [0.15, 0.2) is 0 Å². The Bertz CT molecular complexity index is 5780. The Balaban J connectivity index is 0.000000180. The van der Waals surface area contributed by atoms with E-state index in [-0.39, 0.29) is 68.2 Å². The van der Waals surface area contributed by atoms with Crippen LogP contribution in [0.25, 0.3) is 33.2 Å². The molecule has 4 N–H and O–H groups in total. The number of nitrogens with zero attached hydrogens (tertiary/aromatic N) is 8. The molecule has 8 aliphatic rings. The Labute approximate surface area is 756 Å². The number of nitro benzene ring substituents is 2. The first kappa shape index (κ1) is 89.1. The summed E-state index contributed by atoms with van der Waals surface area (Å²) < 4.78 is 84.9. The first-order valence-corrected chi connectivity index (χ1v) is 48.7. The summed E-state index contributed by atoms with van der Waals surface area (Å²) in [5.74, 6) is 0.749. The van der Waals surface area contributed by atoms with Crippen LogP contribution in [-0.4, -0.2) is 147 Å². The van der Waals surface area contributed by atoms with Gasteiger partial charge in [-0.15, -0.1) is 0 Å². The number of hydrogen-bond acceptors (Lipinski definition) is 20. The lowest BCUT2D eigenvalue weighted by atomic mass is 9.72. The number of ether oxygens (including phenoxy) is 4. The summed E-state index contributed by atoms with van der Waals surface area (Å²) in [5.41, 5.74) is 11.7. The van der Waals surface area contributed by atoms with Gasteiger partial charge < -0.3 is 38.7 Å². The van der Waals surface area contributed by atoms with Crippen LogP contribution in [0, 0.1) is 54.7 Å². The second-order valence-electron chi connectivity index (χ2n) is 37.6. The molecule has 0 bridgehead atoms. The van der Waals surface area contributed by atoms with Gasteiger partial charge in [-0.2, -0.15) is 0 Å². The molecule has 6 aromatic carbocycles. The number of piperazine rings is 2. The van der Waals surface area contributed by atoms with Gasteiger partial charge in [-0.25, -0.2) is 36.2 Å². The maximum Gasteiger partial charge on any atom is 0.277 e. The molecular formula is C98H110Cl2N12O14S2. The minimum Gasteiger partial charge on any atom is -0.493 e. The number of aromatic amines is 2. The van der Waals surface area contributed by atoms with Crippen LogP contribution >= 0.6 is 23.2 Å². The van der Waals surface area contributed by atoms with E-state index in [2.05, 4.69) is 101 Å². The summed E-state index contributed by atoms with van der Waals surface area (Å²) in [6.07, 6.45) is 27.6. The summed E-state index contributed by atoms with van der Waals surface area (Å²) in [6, 6.07) is 38.5. The lowest BCUT2D eigenvalue weighted by molar-refractivity contribution is -0.386. The molecule has 30 heteroatoms. The van der Waals surface area contributed by atoms with Crippen LogP contribution in [0.5, 0.6) is 34.5 Å². The third kappa shape index (κ3) is 21.0. The zero-order valence-electron chi connectivity index (χ0n) is 72.8. The predicted molar refractivity (Wildman–Crippen MR) is 498 cm³/mol. The molecule has 2 saturated carbocycles. The van der Waals surface area contributed by atoms with Crippen LogP contribution in [-0.2, 0) is 32.9 Å². The van der Waals surface area contributed by atoms with Gasteiger partial charge in [0.1, 0.15) is 45.8 Å². The van der Waals surface area contributed by atoms with E-state index < -0.39 is 51.5 Å². The Hall–Kier alpha value is -10.9. The second-order valence-corrected chi connectivity index (χ2v) is 41.8. The Morgan fingerprint density at radius 2 is 0.898 bits per heavy atom. The molecule has 4 aromatic heterocycles. The normalized spacial score (nSPS) is 19.5. The Kier molecular flexibility index (Phi) is 26.5. The van der Waals surface area contributed by atoms with E-state index in [0.717, 1.165) is 187 Å². The zero-order valence-corrected chi connectivity index (χ0v) is 76.0. The topological polar surface area (TPSA) is 320 Å². The van der Waals surface area contributed by atoms with Crippen molar-refractivity contribution < 1.29 is 55.2 Å². The molecule has 2 saturated heterocycles. The first-order chi connectivity index (χ1) is 61.5. The highest BCUT2D eigenvalue weighted by atomic mass is 35.5. The number of benzene rings is 6. The van der Waals surface area contributed by atoms with Crippen molar-refractivity contribution in [1.82, 2.24) is 39.2 Å². The van der Waals surface area contributed by atoms with Gasteiger partial charge in [0.2, 0.25) is 0 Å². The molecule has 8 heterocycles. The summed E-state index contributed by atoms with van der Waals surface area (Å²) in [4.78, 5) is 75.4. The van der Waals surface area contributed by atoms with E-state index in [9.17, 15) is 46.7 Å². The molecule has 4 aliphatic heterocycles. The molecule has 0 spiro atoms. The number of fused-ring (bicyclic) bond motifs is 4. The maximum absolute atomic E-state index is 14.1. The molecule has 2 atom stereocenters. The van der Waals surface area contributed by atoms with E-state index >= 15 is 0 Å². The quantitative estimate of drug-likeness (QED) is 0.0322. The molecule has 10 aromatic rings. The highest BCUT2D eigenvalue weighted by Gasteiger charge is 2.39. The molecule has 18 rings (SSSR count). The molecule has 26 nitrogen and oxygen atoms in total. The summed E-state index contributed by atoms with van der Waals surface area (Å²) >= 11 is 12.5. The number of sulfonamides is 2. The van der Waals surface area contributed by atoms with Crippen molar-refractivity contribution in [2.45, 2.75) is 166 Å². The maximum atomic E-state index is 14.1. The molecule has 2 amide bonds. The molecule has 0 unspecified atom stereocenters. The number of H-pyrrole nitrogens is 2. The Morgan fingerprint density at radius 3 is 1.28 bits per heavy atom. The molecule has 128 heavy (non-hydrogen) atoms. The van der Waals surface area contributed by atoms with Gasteiger partial charge in [0.25, 0.3) is 43.2 Å². The highest BCUT2D eigenvalue weighted by molar-refractivity contribution is 7.90. The van der Waals surface area contributed by atoms with Crippen LogP contribution in [0.2, 0.25) is 10.0 Å². The number of pyridine rings is 2. The number of amides is 2. The minimum atomic E-state index is -4.61. The van der Waals surface area contributed by atoms with Crippen molar-refractivity contribution in [3.63, 3.8) is 0 Å². The number of nitrogens with one attached hydrogen (secondary N) is 4. The Morgan fingerprint density at radius 1 is 0.508 bits per heavy atom.